The Hall–Kier alpha value is -3.87. The maximum absolute atomic E-state index is 12.2. The maximum atomic E-state index is 12.2. The summed E-state index contributed by atoms with van der Waals surface area (Å²) >= 11 is 0. The highest BCUT2D eigenvalue weighted by Crippen LogP contribution is 2.28. The van der Waals surface area contributed by atoms with E-state index in [4.69, 9.17) is 9.47 Å². The number of anilines is 1. The molecule has 3 aromatic rings. The van der Waals surface area contributed by atoms with Crippen LogP contribution >= 0.6 is 0 Å². The van der Waals surface area contributed by atoms with E-state index in [2.05, 4.69) is 10.4 Å². The number of amides is 1. The molecule has 0 aliphatic rings. The summed E-state index contributed by atoms with van der Waals surface area (Å²) in [7, 11) is 3.27. The Kier molecular flexibility index (Phi) is 6.64. The highest BCUT2D eigenvalue weighted by atomic mass is 16.5. The lowest BCUT2D eigenvalue weighted by atomic mass is 10.1. The first-order valence-corrected chi connectivity index (χ1v) is 9.34. The van der Waals surface area contributed by atoms with Crippen LogP contribution in [0.3, 0.4) is 0 Å². The standard InChI is InChI=1S/C23H23N3O4/c1-16-6-4-5-7-18(16)24-23(28)15-30-21-11-9-17(14-22(21)29-3)8-10-20(27)19-12-13-26(2)25-19/h4-14H,15H2,1-3H3,(H,24,28)/b10-8+. The summed E-state index contributed by atoms with van der Waals surface area (Å²) in [6.07, 6.45) is 4.84. The number of aromatic nitrogens is 2. The third-order valence-electron chi connectivity index (χ3n) is 4.36. The predicted octanol–water partition coefficient (Wildman–Crippen LogP) is 3.65. The molecule has 30 heavy (non-hydrogen) atoms. The minimum Gasteiger partial charge on any atom is -0.493 e. The van der Waals surface area contributed by atoms with Gasteiger partial charge < -0.3 is 14.8 Å². The molecular weight excluding hydrogens is 382 g/mol. The van der Waals surface area contributed by atoms with Gasteiger partial charge in [0.1, 0.15) is 5.69 Å². The molecule has 0 saturated carbocycles. The fraction of sp³-hybridized carbons (Fsp3) is 0.174. The lowest BCUT2D eigenvalue weighted by molar-refractivity contribution is -0.118. The quantitative estimate of drug-likeness (QED) is 0.457. The molecule has 3 rings (SSSR count). The van der Waals surface area contributed by atoms with E-state index in [0.29, 0.717) is 17.2 Å². The number of ketones is 1. The van der Waals surface area contributed by atoms with Gasteiger partial charge in [0.15, 0.2) is 18.1 Å². The van der Waals surface area contributed by atoms with Crippen LogP contribution in [0.1, 0.15) is 21.6 Å². The summed E-state index contributed by atoms with van der Waals surface area (Å²) < 4.78 is 12.5. The van der Waals surface area contributed by atoms with Crippen molar-refractivity contribution in [1.29, 1.82) is 0 Å². The first-order valence-electron chi connectivity index (χ1n) is 9.34. The van der Waals surface area contributed by atoms with Crippen molar-refractivity contribution in [1.82, 2.24) is 9.78 Å². The van der Waals surface area contributed by atoms with Gasteiger partial charge in [0.05, 0.1) is 7.11 Å². The van der Waals surface area contributed by atoms with Crippen LogP contribution in [0.4, 0.5) is 5.69 Å². The number of rotatable bonds is 8. The first kappa shape index (κ1) is 20.9. The van der Waals surface area contributed by atoms with Gasteiger partial charge in [-0.3, -0.25) is 14.3 Å². The fourth-order valence-electron chi connectivity index (χ4n) is 2.75. The van der Waals surface area contributed by atoms with Crippen molar-refractivity contribution in [3.8, 4) is 11.5 Å². The van der Waals surface area contributed by atoms with E-state index >= 15 is 0 Å². The topological polar surface area (TPSA) is 82.5 Å². The van der Waals surface area contributed by atoms with E-state index in [1.165, 1.54) is 13.2 Å². The van der Waals surface area contributed by atoms with Crippen LogP contribution in [0.25, 0.3) is 6.08 Å². The number of allylic oxidation sites excluding steroid dienone is 1. The molecule has 0 fully saturated rings. The molecule has 7 heteroatoms. The Balaban J connectivity index is 1.62. The van der Waals surface area contributed by atoms with Crippen LogP contribution in [0.2, 0.25) is 0 Å². The van der Waals surface area contributed by atoms with Crippen LogP contribution in [-0.4, -0.2) is 35.2 Å². The van der Waals surface area contributed by atoms with Gasteiger partial charge >= 0.3 is 0 Å². The second-order valence-electron chi connectivity index (χ2n) is 6.63. The van der Waals surface area contributed by atoms with Crippen molar-refractivity contribution in [3.05, 3.63) is 77.6 Å². The number of carbonyl (C=O) groups excluding carboxylic acids is 2. The largest absolute Gasteiger partial charge is 0.493 e. The monoisotopic (exact) mass is 405 g/mol. The number of nitrogens with zero attached hydrogens (tertiary/aromatic N) is 2. The van der Waals surface area contributed by atoms with Crippen molar-refractivity contribution in [2.75, 3.05) is 19.0 Å². The first-order chi connectivity index (χ1) is 14.5. The fourth-order valence-corrected chi connectivity index (χ4v) is 2.75. The van der Waals surface area contributed by atoms with Gasteiger partial charge in [0.25, 0.3) is 5.91 Å². The summed E-state index contributed by atoms with van der Waals surface area (Å²) in [6, 6.07) is 14.4. The zero-order valence-electron chi connectivity index (χ0n) is 17.1. The summed E-state index contributed by atoms with van der Waals surface area (Å²) in [5.41, 5.74) is 2.85. The van der Waals surface area contributed by atoms with Gasteiger partial charge in [0, 0.05) is 18.9 Å². The summed E-state index contributed by atoms with van der Waals surface area (Å²) in [5, 5.41) is 6.90. The molecule has 1 heterocycles. The summed E-state index contributed by atoms with van der Waals surface area (Å²) in [4.78, 5) is 24.3. The SMILES string of the molecule is COc1cc(/C=C/C(=O)c2ccn(C)n2)ccc1OCC(=O)Nc1ccccc1C. The van der Waals surface area contributed by atoms with Crippen molar-refractivity contribution >= 4 is 23.5 Å². The highest BCUT2D eigenvalue weighted by Gasteiger charge is 2.10. The second-order valence-corrected chi connectivity index (χ2v) is 6.63. The van der Waals surface area contributed by atoms with E-state index < -0.39 is 0 Å². The summed E-state index contributed by atoms with van der Waals surface area (Å²) in [5.74, 6) is 0.441. The third-order valence-corrected chi connectivity index (χ3v) is 4.36. The normalized spacial score (nSPS) is 10.8. The molecule has 154 valence electrons. The lowest BCUT2D eigenvalue weighted by Gasteiger charge is -2.12. The number of hydrogen-bond donors (Lipinski definition) is 1. The van der Waals surface area contributed by atoms with Crippen LogP contribution in [-0.2, 0) is 11.8 Å². The predicted molar refractivity (Wildman–Crippen MR) is 115 cm³/mol. The van der Waals surface area contributed by atoms with E-state index in [-0.39, 0.29) is 18.3 Å². The minimum absolute atomic E-state index is 0.155. The van der Waals surface area contributed by atoms with E-state index in [1.807, 2.05) is 31.2 Å². The molecule has 0 saturated heterocycles. The average Bonchev–Trinajstić information content (AvgIpc) is 3.18. The number of methoxy groups -OCH3 is 1. The second kappa shape index (κ2) is 9.56. The number of aryl methyl sites for hydroxylation is 2. The maximum Gasteiger partial charge on any atom is 0.262 e. The number of para-hydroxylation sites is 1. The van der Waals surface area contributed by atoms with Crippen LogP contribution < -0.4 is 14.8 Å². The van der Waals surface area contributed by atoms with E-state index in [1.54, 1.807) is 48.3 Å². The Morgan fingerprint density at radius 3 is 2.63 bits per heavy atom. The smallest absolute Gasteiger partial charge is 0.262 e. The molecule has 2 aromatic carbocycles. The molecule has 1 amide bonds. The highest BCUT2D eigenvalue weighted by molar-refractivity contribution is 6.05. The molecule has 7 nitrogen and oxygen atoms in total. The van der Waals surface area contributed by atoms with Gasteiger partial charge in [0.2, 0.25) is 5.78 Å². The Morgan fingerprint density at radius 2 is 1.93 bits per heavy atom. The zero-order valence-corrected chi connectivity index (χ0v) is 17.1. The number of ether oxygens (including phenoxy) is 2. The van der Waals surface area contributed by atoms with Gasteiger partial charge in [-0.05, 0) is 48.4 Å². The molecule has 0 unspecified atom stereocenters. The van der Waals surface area contributed by atoms with Gasteiger partial charge in [-0.15, -0.1) is 0 Å². The van der Waals surface area contributed by atoms with Crippen LogP contribution in [0.5, 0.6) is 11.5 Å². The molecule has 1 N–H and O–H groups in total. The molecule has 0 bridgehead atoms. The van der Waals surface area contributed by atoms with Gasteiger partial charge in [-0.2, -0.15) is 5.10 Å². The molecule has 1 aromatic heterocycles. The molecule has 0 radical (unpaired) electrons. The Bertz CT molecular complexity index is 1090. The summed E-state index contributed by atoms with van der Waals surface area (Å²) in [6.45, 7) is 1.77. The lowest BCUT2D eigenvalue weighted by Crippen LogP contribution is -2.20. The van der Waals surface area contributed by atoms with Crippen LogP contribution in [0, 0.1) is 6.92 Å². The Labute approximate surface area is 174 Å². The van der Waals surface area contributed by atoms with Crippen molar-refractivity contribution in [3.63, 3.8) is 0 Å². The third kappa shape index (κ3) is 5.35. The van der Waals surface area contributed by atoms with Crippen molar-refractivity contribution < 1.29 is 19.1 Å². The van der Waals surface area contributed by atoms with Crippen molar-refractivity contribution in [2.45, 2.75) is 6.92 Å². The van der Waals surface area contributed by atoms with Gasteiger partial charge in [-0.1, -0.05) is 30.3 Å². The molecule has 0 aliphatic carbocycles. The number of benzene rings is 2. The molecule has 0 atom stereocenters. The minimum atomic E-state index is -0.267. The molecular formula is C23H23N3O4. The Morgan fingerprint density at radius 1 is 1.13 bits per heavy atom. The van der Waals surface area contributed by atoms with E-state index in [0.717, 1.165) is 16.8 Å². The number of hydrogen-bond acceptors (Lipinski definition) is 5. The number of nitrogens with one attached hydrogen (secondary N) is 1. The van der Waals surface area contributed by atoms with Gasteiger partial charge in [-0.25, -0.2) is 0 Å². The number of carbonyl (C=O) groups is 2. The average molecular weight is 405 g/mol. The van der Waals surface area contributed by atoms with Crippen molar-refractivity contribution in [2.24, 2.45) is 7.05 Å². The molecule has 0 spiro atoms. The molecule has 0 aliphatic heterocycles. The van der Waals surface area contributed by atoms with E-state index in [9.17, 15) is 9.59 Å². The zero-order chi connectivity index (χ0) is 21.5. The van der Waals surface area contributed by atoms with Crippen LogP contribution in [0.15, 0.2) is 60.8 Å².